The second-order valence-corrected chi connectivity index (χ2v) is 10.2. The maximum absolute atomic E-state index is 13.5. The molecular formula is C30H29F3N4O4. The van der Waals surface area contributed by atoms with Crippen molar-refractivity contribution in [2.45, 2.75) is 37.1 Å². The number of hydrogen-bond acceptors (Lipinski definition) is 5. The van der Waals surface area contributed by atoms with Crippen LogP contribution in [0.2, 0.25) is 0 Å². The molecule has 3 amide bonds. The molecule has 1 saturated carbocycles. The van der Waals surface area contributed by atoms with Gasteiger partial charge in [0.1, 0.15) is 17.3 Å². The number of rotatable bonds is 9. The molecule has 0 aromatic heterocycles. The summed E-state index contributed by atoms with van der Waals surface area (Å²) in [5.74, 6) is -1.31. The van der Waals surface area contributed by atoms with Gasteiger partial charge in [-0.2, -0.15) is 8.78 Å². The minimum atomic E-state index is -3.92. The number of para-hydroxylation sites is 2. The van der Waals surface area contributed by atoms with E-state index in [0.717, 1.165) is 5.69 Å². The quantitative estimate of drug-likeness (QED) is 0.408. The largest absolute Gasteiger partial charge is 0.431 e. The Labute approximate surface area is 235 Å². The summed E-state index contributed by atoms with van der Waals surface area (Å²) in [5, 5.41) is 5.70. The van der Waals surface area contributed by atoms with Crippen molar-refractivity contribution in [1.82, 2.24) is 10.6 Å². The summed E-state index contributed by atoms with van der Waals surface area (Å²) in [5.41, 5.74) is 1.43. The number of benzene rings is 3. The Balaban J connectivity index is 1.34. The van der Waals surface area contributed by atoms with Crippen LogP contribution in [0.5, 0.6) is 5.75 Å². The van der Waals surface area contributed by atoms with Gasteiger partial charge in [0.05, 0.1) is 11.4 Å². The van der Waals surface area contributed by atoms with Gasteiger partial charge in [-0.3, -0.25) is 14.4 Å². The van der Waals surface area contributed by atoms with Crippen LogP contribution in [0.15, 0.2) is 78.9 Å². The van der Waals surface area contributed by atoms with E-state index in [1.54, 1.807) is 61.6 Å². The molecule has 0 radical (unpaired) electrons. The van der Waals surface area contributed by atoms with Gasteiger partial charge in [-0.25, -0.2) is 4.39 Å². The maximum atomic E-state index is 13.5. The highest BCUT2D eigenvalue weighted by Crippen LogP contribution is 2.37. The highest BCUT2D eigenvalue weighted by atomic mass is 19.3. The fraction of sp³-hybridized carbons (Fsp3) is 0.300. The van der Waals surface area contributed by atoms with E-state index >= 15 is 0 Å². The molecule has 0 saturated heterocycles. The summed E-state index contributed by atoms with van der Waals surface area (Å²) < 4.78 is 43.4. The van der Waals surface area contributed by atoms with Crippen molar-refractivity contribution in [2.24, 2.45) is 0 Å². The molecule has 3 aromatic carbocycles. The highest BCUT2D eigenvalue weighted by molar-refractivity contribution is 6.05. The molecule has 2 N–H and O–H groups in total. The summed E-state index contributed by atoms with van der Waals surface area (Å²) in [7, 11) is 1.63. The third-order valence-electron chi connectivity index (χ3n) is 7.21. The van der Waals surface area contributed by atoms with Crippen molar-refractivity contribution in [3.8, 4) is 5.75 Å². The number of alkyl halides is 3. The molecule has 1 fully saturated rings. The topological polar surface area (TPSA) is 91.0 Å². The van der Waals surface area contributed by atoms with Gasteiger partial charge in [-0.1, -0.05) is 42.5 Å². The van der Waals surface area contributed by atoms with Crippen molar-refractivity contribution in [3.63, 3.8) is 0 Å². The minimum absolute atomic E-state index is 0.118. The first-order chi connectivity index (χ1) is 19.6. The zero-order chi connectivity index (χ0) is 29.2. The SMILES string of the molecule is CN1C(=O)[C@H](NC(=O)C2(NC(=O)c3ccccc3)CC2)CN(Cc2ccc(OC(F)(F)CF)cc2)c2ccccc21. The molecule has 214 valence electrons. The number of amides is 3. The third-order valence-corrected chi connectivity index (χ3v) is 7.21. The summed E-state index contributed by atoms with van der Waals surface area (Å²) in [6.07, 6.45) is -3.01. The number of nitrogens with one attached hydrogen (secondary N) is 2. The van der Waals surface area contributed by atoms with Gasteiger partial charge in [0.15, 0.2) is 6.67 Å². The molecule has 0 unspecified atom stereocenters. The molecule has 0 bridgehead atoms. The Bertz CT molecular complexity index is 1430. The lowest BCUT2D eigenvalue weighted by atomic mass is 10.1. The van der Waals surface area contributed by atoms with Crippen molar-refractivity contribution in [1.29, 1.82) is 0 Å². The molecule has 11 heteroatoms. The van der Waals surface area contributed by atoms with Crippen LogP contribution in [0.4, 0.5) is 24.5 Å². The van der Waals surface area contributed by atoms with Gasteiger partial charge in [-0.05, 0) is 54.8 Å². The number of halogens is 3. The molecule has 5 rings (SSSR count). The van der Waals surface area contributed by atoms with Gasteiger partial charge in [0, 0.05) is 25.7 Å². The molecule has 1 aliphatic heterocycles. The number of nitrogens with zero attached hydrogens (tertiary/aromatic N) is 2. The van der Waals surface area contributed by atoms with Crippen LogP contribution in [-0.2, 0) is 16.1 Å². The van der Waals surface area contributed by atoms with Gasteiger partial charge in [0.2, 0.25) is 5.91 Å². The number of anilines is 2. The van der Waals surface area contributed by atoms with E-state index in [1.807, 2.05) is 17.0 Å². The first kappa shape index (κ1) is 28.0. The molecule has 1 atom stereocenters. The van der Waals surface area contributed by atoms with Crippen LogP contribution in [-0.4, -0.2) is 55.7 Å². The summed E-state index contributed by atoms with van der Waals surface area (Å²) in [6.45, 7) is -1.54. The predicted octanol–water partition coefficient (Wildman–Crippen LogP) is 4.06. The summed E-state index contributed by atoms with van der Waals surface area (Å²) >= 11 is 0. The number of hydrogen-bond donors (Lipinski definition) is 2. The number of fused-ring (bicyclic) bond motifs is 1. The standard InChI is InChI=1S/C30H29F3N4O4/c1-36-24-9-5-6-10-25(24)37(17-20-11-13-22(14-12-20)41-30(32,33)19-31)18-23(27(36)39)34-28(40)29(15-16-29)35-26(38)21-7-3-2-4-8-21/h2-14,23H,15-19H2,1H3,(H,34,40)(H,35,38)/t23-/m1/s1. The number of carbonyl (C=O) groups is 3. The highest BCUT2D eigenvalue weighted by Gasteiger charge is 2.52. The lowest BCUT2D eigenvalue weighted by Crippen LogP contribution is -2.57. The molecule has 3 aromatic rings. The molecule has 1 heterocycles. The number of ether oxygens (including phenoxy) is 1. The zero-order valence-corrected chi connectivity index (χ0v) is 22.3. The lowest BCUT2D eigenvalue weighted by Gasteiger charge is -2.28. The van der Waals surface area contributed by atoms with Crippen molar-refractivity contribution in [3.05, 3.63) is 90.0 Å². The van der Waals surface area contributed by atoms with Crippen LogP contribution < -0.4 is 25.2 Å². The predicted molar refractivity (Wildman–Crippen MR) is 147 cm³/mol. The molecule has 8 nitrogen and oxygen atoms in total. The van der Waals surface area contributed by atoms with Crippen LogP contribution in [0.1, 0.15) is 28.8 Å². The van der Waals surface area contributed by atoms with E-state index in [4.69, 9.17) is 0 Å². The Morgan fingerprint density at radius 3 is 2.24 bits per heavy atom. The normalized spacial score (nSPS) is 17.8. The van der Waals surface area contributed by atoms with Crippen LogP contribution in [0.3, 0.4) is 0 Å². The van der Waals surface area contributed by atoms with Gasteiger partial charge in [0.25, 0.3) is 11.8 Å². The van der Waals surface area contributed by atoms with Crippen LogP contribution in [0.25, 0.3) is 0 Å². The molecular weight excluding hydrogens is 537 g/mol. The molecule has 41 heavy (non-hydrogen) atoms. The van der Waals surface area contributed by atoms with Gasteiger partial charge < -0.3 is 25.2 Å². The minimum Gasteiger partial charge on any atom is -0.431 e. The second-order valence-electron chi connectivity index (χ2n) is 10.2. The first-order valence-corrected chi connectivity index (χ1v) is 13.1. The summed E-state index contributed by atoms with van der Waals surface area (Å²) in [4.78, 5) is 43.1. The lowest BCUT2D eigenvalue weighted by molar-refractivity contribution is -0.186. The Hall–Kier alpha value is -4.54. The fourth-order valence-corrected chi connectivity index (χ4v) is 4.81. The van der Waals surface area contributed by atoms with E-state index in [2.05, 4.69) is 15.4 Å². The number of likely N-dealkylation sites (N-methyl/N-ethyl adjacent to an activating group) is 1. The van der Waals surface area contributed by atoms with E-state index in [9.17, 15) is 27.6 Å². The average Bonchev–Trinajstić information content (AvgIpc) is 3.78. The fourth-order valence-electron chi connectivity index (χ4n) is 4.81. The average molecular weight is 567 g/mol. The Morgan fingerprint density at radius 2 is 1.61 bits per heavy atom. The monoisotopic (exact) mass is 566 g/mol. The third kappa shape index (κ3) is 6.13. The molecule has 2 aliphatic rings. The van der Waals surface area contributed by atoms with Crippen molar-refractivity contribution < 1.29 is 32.3 Å². The van der Waals surface area contributed by atoms with E-state index in [-0.39, 0.29) is 30.7 Å². The zero-order valence-electron chi connectivity index (χ0n) is 22.3. The van der Waals surface area contributed by atoms with E-state index in [1.165, 1.54) is 17.0 Å². The molecule has 0 spiro atoms. The van der Waals surface area contributed by atoms with Gasteiger partial charge in [-0.15, -0.1) is 0 Å². The molecule has 1 aliphatic carbocycles. The van der Waals surface area contributed by atoms with Crippen molar-refractivity contribution >= 4 is 29.1 Å². The first-order valence-electron chi connectivity index (χ1n) is 13.1. The maximum Gasteiger partial charge on any atom is 0.427 e. The Morgan fingerprint density at radius 1 is 0.976 bits per heavy atom. The smallest absolute Gasteiger partial charge is 0.427 e. The van der Waals surface area contributed by atoms with E-state index < -0.39 is 30.3 Å². The Kier molecular flexibility index (Phi) is 7.61. The van der Waals surface area contributed by atoms with Gasteiger partial charge >= 0.3 is 6.11 Å². The van der Waals surface area contributed by atoms with Crippen LogP contribution in [0, 0.1) is 0 Å². The number of carbonyl (C=O) groups excluding carboxylic acids is 3. The van der Waals surface area contributed by atoms with E-state index in [0.29, 0.717) is 29.7 Å². The van der Waals surface area contributed by atoms with Crippen LogP contribution >= 0.6 is 0 Å². The van der Waals surface area contributed by atoms with Crippen molar-refractivity contribution in [2.75, 3.05) is 30.1 Å². The summed E-state index contributed by atoms with van der Waals surface area (Å²) in [6, 6.07) is 20.7. The second kappa shape index (κ2) is 11.1.